The number of carbonyl (C=O) groups is 3. The second kappa shape index (κ2) is 9.22. The van der Waals surface area contributed by atoms with Gasteiger partial charge in [0.1, 0.15) is 0 Å². The minimum Gasteiger partial charge on any atom is -0.326 e. The summed E-state index contributed by atoms with van der Waals surface area (Å²) in [5.41, 5.74) is 6.17. The van der Waals surface area contributed by atoms with E-state index in [2.05, 4.69) is 21.5 Å². The summed E-state index contributed by atoms with van der Waals surface area (Å²) in [4.78, 5) is 35.5. The summed E-state index contributed by atoms with van der Waals surface area (Å²) in [6, 6.07) is 14.7. The molecule has 26 heavy (non-hydrogen) atoms. The molecule has 2 aromatic carbocycles. The molecule has 0 atom stereocenters. The third kappa shape index (κ3) is 6.27. The van der Waals surface area contributed by atoms with Crippen LogP contribution in [-0.4, -0.2) is 17.8 Å². The molecule has 0 saturated heterocycles. The number of hydrogen-bond donors (Lipinski definition) is 4. The van der Waals surface area contributed by atoms with E-state index >= 15 is 0 Å². The Bertz CT molecular complexity index is 758. The normalized spacial score (nSPS) is 10.1. The molecule has 0 saturated carbocycles. The van der Waals surface area contributed by atoms with Gasteiger partial charge in [0, 0.05) is 23.4 Å². The second-order valence-corrected chi connectivity index (χ2v) is 6.12. The number of rotatable bonds is 5. The van der Waals surface area contributed by atoms with Gasteiger partial charge in [0.25, 0.3) is 5.91 Å². The Kier molecular flexibility index (Phi) is 6.73. The highest BCUT2D eigenvalue weighted by atomic mass is 16.2. The highest BCUT2D eigenvalue weighted by molar-refractivity contribution is 5.98. The van der Waals surface area contributed by atoms with Crippen molar-refractivity contribution in [1.29, 1.82) is 0 Å². The largest absolute Gasteiger partial charge is 0.337 e. The molecule has 0 bridgehead atoms. The molecule has 0 radical (unpaired) electrons. The molecule has 0 fully saturated rings. The number of carbonyl (C=O) groups excluding carboxylic acids is 3. The predicted molar refractivity (Wildman–Crippen MR) is 101 cm³/mol. The van der Waals surface area contributed by atoms with Gasteiger partial charge in [-0.05, 0) is 42.3 Å². The van der Waals surface area contributed by atoms with Crippen molar-refractivity contribution in [3.05, 3.63) is 60.2 Å². The second-order valence-electron chi connectivity index (χ2n) is 6.12. The van der Waals surface area contributed by atoms with Crippen LogP contribution < -0.4 is 21.5 Å². The summed E-state index contributed by atoms with van der Waals surface area (Å²) in [5.74, 6) is -0.266. The third-order valence-corrected chi connectivity index (χ3v) is 3.35. The Morgan fingerprint density at radius 1 is 0.808 bits per heavy atom. The van der Waals surface area contributed by atoms with Gasteiger partial charge in [-0.1, -0.05) is 32.0 Å². The lowest BCUT2D eigenvalue weighted by Gasteiger charge is -2.10. The number of para-hydroxylation sites is 1. The Labute approximate surface area is 152 Å². The van der Waals surface area contributed by atoms with Crippen molar-refractivity contribution in [2.24, 2.45) is 5.92 Å². The van der Waals surface area contributed by atoms with Crippen LogP contribution in [0.3, 0.4) is 0 Å². The fourth-order valence-electron chi connectivity index (χ4n) is 2.16. The number of urea groups is 1. The summed E-state index contributed by atoms with van der Waals surface area (Å²) in [5, 5.41) is 5.35. The zero-order chi connectivity index (χ0) is 18.9. The van der Waals surface area contributed by atoms with Crippen molar-refractivity contribution in [1.82, 2.24) is 10.9 Å². The third-order valence-electron chi connectivity index (χ3n) is 3.35. The van der Waals surface area contributed by atoms with Crippen molar-refractivity contribution in [2.75, 3.05) is 10.6 Å². The highest BCUT2D eigenvalue weighted by Gasteiger charge is 2.09. The SMILES string of the molecule is CC(C)CC(=O)Nc1ccc(C(=O)NNC(=O)Nc2ccccc2)cc1. The molecule has 4 amide bonds. The van der Waals surface area contributed by atoms with Gasteiger partial charge in [0.2, 0.25) is 5.91 Å². The van der Waals surface area contributed by atoms with E-state index in [0.29, 0.717) is 23.4 Å². The average molecular weight is 354 g/mol. The fourth-order valence-corrected chi connectivity index (χ4v) is 2.16. The molecule has 7 heteroatoms. The molecule has 0 aromatic heterocycles. The number of hydrogen-bond acceptors (Lipinski definition) is 3. The smallest absolute Gasteiger partial charge is 0.326 e. The molecule has 2 aromatic rings. The van der Waals surface area contributed by atoms with E-state index < -0.39 is 11.9 Å². The summed E-state index contributed by atoms with van der Waals surface area (Å²) in [7, 11) is 0. The average Bonchev–Trinajstić information content (AvgIpc) is 2.60. The van der Waals surface area contributed by atoms with Gasteiger partial charge >= 0.3 is 6.03 Å². The number of nitrogens with one attached hydrogen (secondary N) is 4. The Morgan fingerprint density at radius 3 is 2.04 bits per heavy atom. The van der Waals surface area contributed by atoms with E-state index in [1.165, 1.54) is 0 Å². The van der Waals surface area contributed by atoms with Crippen LogP contribution >= 0.6 is 0 Å². The quantitative estimate of drug-likeness (QED) is 0.621. The first-order chi connectivity index (χ1) is 12.4. The Balaban J connectivity index is 1.82. The summed E-state index contributed by atoms with van der Waals surface area (Å²) in [6.07, 6.45) is 0.433. The number of amides is 4. The van der Waals surface area contributed by atoms with Gasteiger partial charge in [0.05, 0.1) is 0 Å². The van der Waals surface area contributed by atoms with Crippen LogP contribution in [0.25, 0.3) is 0 Å². The van der Waals surface area contributed by atoms with Crippen LogP contribution in [0.2, 0.25) is 0 Å². The lowest BCUT2D eigenvalue weighted by Crippen LogP contribution is -2.43. The van der Waals surface area contributed by atoms with Crippen LogP contribution in [0.1, 0.15) is 30.6 Å². The number of anilines is 2. The first-order valence-electron chi connectivity index (χ1n) is 8.26. The van der Waals surface area contributed by atoms with Gasteiger partial charge in [0.15, 0.2) is 0 Å². The number of benzene rings is 2. The van der Waals surface area contributed by atoms with Crippen LogP contribution in [0.5, 0.6) is 0 Å². The first kappa shape index (κ1) is 19.0. The summed E-state index contributed by atoms with van der Waals surface area (Å²) in [6.45, 7) is 3.93. The van der Waals surface area contributed by atoms with Crippen molar-refractivity contribution in [2.45, 2.75) is 20.3 Å². The molecular formula is C19H22N4O3. The van der Waals surface area contributed by atoms with E-state index in [-0.39, 0.29) is 11.8 Å². The molecule has 7 nitrogen and oxygen atoms in total. The maximum absolute atomic E-state index is 12.0. The van der Waals surface area contributed by atoms with Crippen LogP contribution in [0.15, 0.2) is 54.6 Å². The van der Waals surface area contributed by atoms with E-state index in [1.807, 2.05) is 19.9 Å². The van der Waals surface area contributed by atoms with E-state index in [9.17, 15) is 14.4 Å². The first-order valence-corrected chi connectivity index (χ1v) is 8.26. The molecule has 0 spiro atoms. The van der Waals surface area contributed by atoms with Crippen LogP contribution in [0.4, 0.5) is 16.2 Å². The van der Waals surface area contributed by atoms with E-state index in [4.69, 9.17) is 0 Å². The minimum atomic E-state index is -0.554. The van der Waals surface area contributed by atoms with E-state index in [0.717, 1.165) is 0 Å². The van der Waals surface area contributed by atoms with Gasteiger partial charge in [-0.3, -0.25) is 15.0 Å². The molecule has 2 rings (SSSR count). The zero-order valence-corrected chi connectivity index (χ0v) is 14.7. The molecule has 0 aliphatic carbocycles. The van der Waals surface area contributed by atoms with Crippen LogP contribution in [0, 0.1) is 5.92 Å². The lowest BCUT2D eigenvalue weighted by atomic mass is 10.1. The molecular weight excluding hydrogens is 332 g/mol. The molecule has 0 aliphatic rings. The molecule has 0 aliphatic heterocycles. The molecule has 0 unspecified atom stereocenters. The maximum Gasteiger partial charge on any atom is 0.337 e. The van der Waals surface area contributed by atoms with Gasteiger partial charge in [-0.2, -0.15) is 0 Å². The van der Waals surface area contributed by atoms with E-state index in [1.54, 1.807) is 48.5 Å². The summed E-state index contributed by atoms with van der Waals surface area (Å²) < 4.78 is 0. The van der Waals surface area contributed by atoms with Gasteiger partial charge in [-0.15, -0.1) is 0 Å². The summed E-state index contributed by atoms with van der Waals surface area (Å²) >= 11 is 0. The zero-order valence-electron chi connectivity index (χ0n) is 14.7. The van der Waals surface area contributed by atoms with Crippen molar-refractivity contribution in [3.63, 3.8) is 0 Å². The van der Waals surface area contributed by atoms with Crippen molar-refractivity contribution in [3.8, 4) is 0 Å². The van der Waals surface area contributed by atoms with Gasteiger partial charge < -0.3 is 10.6 Å². The molecule has 0 heterocycles. The van der Waals surface area contributed by atoms with Crippen molar-refractivity contribution < 1.29 is 14.4 Å². The maximum atomic E-state index is 12.0. The molecule has 4 N–H and O–H groups in total. The Hall–Kier alpha value is -3.35. The predicted octanol–water partition coefficient (Wildman–Crippen LogP) is 3.14. The Morgan fingerprint density at radius 2 is 1.42 bits per heavy atom. The lowest BCUT2D eigenvalue weighted by molar-refractivity contribution is -0.116. The minimum absolute atomic E-state index is 0.0727. The molecule has 136 valence electrons. The highest BCUT2D eigenvalue weighted by Crippen LogP contribution is 2.11. The fraction of sp³-hybridized carbons (Fsp3) is 0.211. The monoisotopic (exact) mass is 354 g/mol. The van der Waals surface area contributed by atoms with Gasteiger partial charge in [-0.25, -0.2) is 10.2 Å². The van der Waals surface area contributed by atoms with Crippen molar-refractivity contribution >= 4 is 29.2 Å². The topological polar surface area (TPSA) is 99.3 Å². The number of hydrazine groups is 1. The van der Waals surface area contributed by atoms with Crippen LogP contribution in [-0.2, 0) is 4.79 Å². The standard InChI is InChI=1S/C19H22N4O3/c1-13(2)12-17(24)20-16-10-8-14(9-11-16)18(25)22-23-19(26)21-15-6-4-3-5-7-15/h3-11,13H,12H2,1-2H3,(H,20,24)(H,22,25)(H2,21,23,26).